The van der Waals surface area contributed by atoms with Gasteiger partial charge in [0.05, 0.1) is 46.3 Å². The molecule has 2 aromatic rings. The van der Waals surface area contributed by atoms with Crippen molar-refractivity contribution in [2.45, 2.75) is 45.3 Å². The molecule has 0 bridgehead atoms. The highest BCUT2D eigenvalue weighted by Gasteiger charge is 2.29. The largest absolute Gasteiger partial charge is 0.489 e. The summed E-state index contributed by atoms with van der Waals surface area (Å²) in [5, 5.41) is 9.48. The van der Waals surface area contributed by atoms with Crippen molar-refractivity contribution < 1.29 is 19.4 Å². The molecule has 3 rings (SSSR count). The molecule has 1 fully saturated rings. The number of thiophene rings is 1. The molecule has 2 atom stereocenters. The number of nitrogens with zero attached hydrogens (tertiary/aromatic N) is 1. The Morgan fingerprint density at radius 3 is 2.92 bits per heavy atom. The van der Waals surface area contributed by atoms with E-state index < -0.39 is 0 Å². The number of methoxy groups -OCH3 is 1. The first-order valence-electron chi connectivity index (χ1n) is 8.63. The number of aliphatic hydroxyl groups excluding tert-OH is 1. The van der Waals surface area contributed by atoms with Crippen LogP contribution in [0.1, 0.15) is 36.9 Å². The van der Waals surface area contributed by atoms with Crippen LogP contribution in [0.4, 0.5) is 0 Å². The zero-order valence-corrected chi connectivity index (χ0v) is 16.4. The topological polar surface area (TPSA) is 68.7 Å². The van der Waals surface area contributed by atoms with Crippen molar-refractivity contribution in [2.75, 3.05) is 7.11 Å². The third-order valence-electron chi connectivity index (χ3n) is 4.67. The van der Waals surface area contributed by atoms with E-state index in [9.17, 15) is 9.90 Å². The molecule has 26 heavy (non-hydrogen) atoms. The van der Waals surface area contributed by atoms with Crippen molar-refractivity contribution in [3.8, 4) is 16.3 Å². The van der Waals surface area contributed by atoms with Crippen LogP contribution < -0.4 is 4.74 Å². The highest BCUT2D eigenvalue weighted by Crippen LogP contribution is 2.36. The van der Waals surface area contributed by atoms with E-state index in [2.05, 4.69) is 4.98 Å². The Balaban J connectivity index is 1.75. The molecule has 2 heterocycles. The predicted octanol–water partition coefficient (Wildman–Crippen LogP) is 4.37. The van der Waals surface area contributed by atoms with Gasteiger partial charge in [-0.15, -0.1) is 11.3 Å². The van der Waals surface area contributed by atoms with Gasteiger partial charge in [-0.3, -0.25) is 4.79 Å². The molecular formula is C19H22ClNO4S. The molecule has 2 aromatic heterocycles. The number of hydrogen-bond acceptors (Lipinski definition) is 6. The van der Waals surface area contributed by atoms with E-state index in [1.165, 1.54) is 18.4 Å². The number of carbonyl (C=O) groups is 1. The Labute approximate surface area is 161 Å². The summed E-state index contributed by atoms with van der Waals surface area (Å²) >= 11 is 7.46. The number of pyridine rings is 1. The van der Waals surface area contributed by atoms with Gasteiger partial charge in [-0.2, -0.15) is 0 Å². The highest BCUT2D eigenvalue weighted by molar-refractivity contribution is 7.19. The molecule has 0 radical (unpaired) electrons. The van der Waals surface area contributed by atoms with E-state index in [1.54, 1.807) is 6.07 Å². The smallest absolute Gasteiger partial charge is 0.308 e. The Bertz CT molecular complexity index is 792. The summed E-state index contributed by atoms with van der Waals surface area (Å²) in [6.07, 6.45) is 3.38. The van der Waals surface area contributed by atoms with Gasteiger partial charge in [0.25, 0.3) is 0 Å². The third kappa shape index (κ3) is 4.19. The lowest BCUT2D eigenvalue weighted by molar-refractivity contribution is -0.147. The van der Waals surface area contributed by atoms with Gasteiger partial charge in [0.1, 0.15) is 5.75 Å². The molecule has 1 saturated carbocycles. The molecule has 7 heteroatoms. The Kier molecular flexibility index (Phi) is 6.16. The molecule has 0 amide bonds. The van der Waals surface area contributed by atoms with E-state index in [0.29, 0.717) is 10.8 Å². The van der Waals surface area contributed by atoms with Gasteiger partial charge in [-0.05, 0) is 56.4 Å². The summed E-state index contributed by atoms with van der Waals surface area (Å²) < 4.78 is 11.6. The molecule has 0 unspecified atom stereocenters. The average Bonchev–Trinajstić information content (AvgIpc) is 3.04. The Morgan fingerprint density at radius 2 is 2.23 bits per heavy atom. The van der Waals surface area contributed by atoms with Crippen molar-refractivity contribution >= 4 is 28.9 Å². The molecule has 0 spiro atoms. The molecule has 1 aliphatic carbocycles. The van der Waals surface area contributed by atoms with Crippen molar-refractivity contribution in [3.05, 3.63) is 33.8 Å². The fraction of sp³-hybridized carbons (Fsp3) is 0.474. The SMILES string of the molecule is COC(=O)[C@H]1CCC[C@H](Oc2ccc(-c3sc(Cl)cc3CO)nc2C)C1. The normalized spacial score (nSPS) is 20.0. The second-order valence-electron chi connectivity index (χ2n) is 6.47. The predicted molar refractivity (Wildman–Crippen MR) is 102 cm³/mol. The first-order valence-corrected chi connectivity index (χ1v) is 9.82. The average molecular weight is 396 g/mol. The minimum absolute atomic E-state index is 0.0108. The molecule has 0 saturated heterocycles. The lowest BCUT2D eigenvalue weighted by atomic mass is 9.87. The molecule has 1 aliphatic rings. The first-order chi connectivity index (χ1) is 12.5. The van der Waals surface area contributed by atoms with E-state index in [4.69, 9.17) is 21.1 Å². The van der Waals surface area contributed by atoms with Gasteiger partial charge in [-0.1, -0.05) is 11.6 Å². The lowest BCUT2D eigenvalue weighted by Gasteiger charge is -2.28. The quantitative estimate of drug-likeness (QED) is 0.761. The third-order valence-corrected chi connectivity index (χ3v) is 6.00. The number of aromatic nitrogens is 1. The van der Waals surface area contributed by atoms with Crippen LogP contribution >= 0.6 is 22.9 Å². The second-order valence-corrected chi connectivity index (χ2v) is 8.15. The monoisotopic (exact) mass is 395 g/mol. The second kappa shape index (κ2) is 8.37. The number of ether oxygens (including phenoxy) is 2. The van der Waals surface area contributed by atoms with E-state index in [0.717, 1.165) is 46.8 Å². The van der Waals surface area contributed by atoms with Crippen molar-refractivity contribution in [1.29, 1.82) is 0 Å². The molecule has 140 valence electrons. The van der Waals surface area contributed by atoms with E-state index in [-0.39, 0.29) is 24.6 Å². The zero-order chi connectivity index (χ0) is 18.7. The molecule has 1 N–H and O–H groups in total. The van der Waals surface area contributed by atoms with Gasteiger partial charge in [0.2, 0.25) is 0 Å². The van der Waals surface area contributed by atoms with Gasteiger partial charge in [-0.25, -0.2) is 4.98 Å². The van der Waals surface area contributed by atoms with E-state index >= 15 is 0 Å². The molecule has 0 aromatic carbocycles. The van der Waals surface area contributed by atoms with Gasteiger partial charge >= 0.3 is 5.97 Å². The summed E-state index contributed by atoms with van der Waals surface area (Å²) in [4.78, 5) is 17.3. The first kappa shape index (κ1) is 19.1. The van der Waals surface area contributed by atoms with Crippen molar-refractivity contribution in [3.63, 3.8) is 0 Å². The van der Waals surface area contributed by atoms with Gasteiger partial charge < -0.3 is 14.6 Å². The van der Waals surface area contributed by atoms with Crippen LogP contribution in [0.3, 0.4) is 0 Å². The minimum Gasteiger partial charge on any atom is -0.489 e. The maximum Gasteiger partial charge on any atom is 0.308 e. The highest BCUT2D eigenvalue weighted by atomic mass is 35.5. The van der Waals surface area contributed by atoms with Crippen LogP contribution in [-0.4, -0.2) is 29.3 Å². The molecular weight excluding hydrogens is 374 g/mol. The fourth-order valence-electron chi connectivity index (χ4n) is 3.34. The number of aliphatic hydroxyl groups is 1. The number of halogens is 1. The summed E-state index contributed by atoms with van der Waals surface area (Å²) in [6, 6.07) is 5.54. The zero-order valence-electron chi connectivity index (χ0n) is 14.8. The molecule has 5 nitrogen and oxygen atoms in total. The summed E-state index contributed by atoms with van der Waals surface area (Å²) in [7, 11) is 1.43. The van der Waals surface area contributed by atoms with E-state index in [1.807, 2.05) is 19.1 Å². The van der Waals surface area contributed by atoms with Gasteiger partial charge in [0, 0.05) is 0 Å². The van der Waals surface area contributed by atoms with Crippen LogP contribution in [0.5, 0.6) is 5.75 Å². The molecule has 0 aliphatic heterocycles. The van der Waals surface area contributed by atoms with Crippen LogP contribution in [0.15, 0.2) is 18.2 Å². The van der Waals surface area contributed by atoms with Crippen molar-refractivity contribution in [1.82, 2.24) is 4.98 Å². The maximum atomic E-state index is 11.8. The fourth-order valence-corrected chi connectivity index (χ4v) is 4.57. The van der Waals surface area contributed by atoms with Crippen molar-refractivity contribution in [2.24, 2.45) is 5.92 Å². The number of carbonyl (C=O) groups excluding carboxylic acids is 1. The number of hydrogen-bond donors (Lipinski definition) is 1. The Hall–Kier alpha value is -1.63. The lowest BCUT2D eigenvalue weighted by Crippen LogP contribution is -2.30. The summed E-state index contributed by atoms with van der Waals surface area (Å²) in [6.45, 7) is 1.82. The van der Waals surface area contributed by atoms with Gasteiger partial charge in [0.15, 0.2) is 0 Å². The number of aryl methyl sites for hydroxylation is 1. The summed E-state index contributed by atoms with van der Waals surface area (Å²) in [5.74, 6) is 0.471. The van der Waals surface area contributed by atoms with Crippen LogP contribution in [0, 0.1) is 12.8 Å². The van der Waals surface area contributed by atoms with Crippen LogP contribution in [0.25, 0.3) is 10.6 Å². The number of esters is 1. The minimum atomic E-state index is -0.158. The van der Waals surface area contributed by atoms with Crippen LogP contribution in [0.2, 0.25) is 4.34 Å². The number of rotatable bonds is 5. The Morgan fingerprint density at radius 1 is 1.42 bits per heavy atom. The summed E-state index contributed by atoms with van der Waals surface area (Å²) in [5.41, 5.74) is 2.32. The van der Waals surface area contributed by atoms with Crippen LogP contribution in [-0.2, 0) is 16.1 Å². The standard InChI is InChI=1S/C19H22ClNO4S/c1-11-16(25-14-5-3-4-12(8-14)19(23)24-2)7-6-15(21-11)18-13(10-22)9-17(20)26-18/h6-7,9,12,14,22H,3-5,8,10H2,1-2H3/t12-,14-/m0/s1. The maximum absolute atomic E-state index is 11.8.